The van der Waals surface area contributed by atoms with Gasteiger partial charge in [-0.25, -0.2) is 9.18 Å². The molecule has 0 aromatic heterocycles. The van der Waals surface area contributed by atoms with Gasteiger partial charge < -0.3 is 0 Å². The third-order valence-electron chi connectivity index (χ3n) is 2.05. The van der Waals surface area contributed by atoms with Crippen molar-refractivity contribution in [3.05, 3.63) is 33.1 Å². The maximum atomic E-state index is 13.0. The fourth-order valence-corrected chi connectivity index (χ4v) is 2.06. The monoisotopic (exact) mass is 271 g/mol. The van der Waals surface area contributed by atoms with Crippen molar-refractivity contribution in [1.29, 1.82) is 0 Å². The zero-order valence-electron chi connectivity index (χ0n) is 7.62. The van der Waals surface area contributed by atoms with Crippen LogP contribution < -0.4 is 15.3 Å². The van der Waals surface area contributed by atoms with E-state index < -0.39 is 17.6 Å². The van der Waals surface area contributed by atoms with Gasteiger partial charge in [-0.15, -0.1) is 0 Å². The molecule has 0 radical (unpaired) electrons. The van der Waals surface area contributed by atoms with E-state index in [1.165, 1.54) is 13.1 Å². The van der Waals surface area contributed by atoms with Crippen LogP contribution in [0.1, 0.15) is 0 Å². The first kappa shape index (κ1) is 10.1. The molecule has 0 bridgehead atoms. The van der Waals surface area contributed by atoms with Crippen molar-refractivity contribution in [1.82, 2.24) is 4.58 Å². The number of carbonyl (C=O) groups is 2. The average Bonchev–Trinajstić information content (AvgIpc) is 2.13. The lowest BCUT2D eigenvalue weighted by atomic mass is 10.3. The van der Waals surface area contributed by atoms with Gasteiger partial charge in [0.2, 0.25) is 5.36 Å². The van der Waals surface area contributed by atoms with Crippen LogP contribution >= 0.6 is 15.9 Å². The standard InChI is InChI=1S/C9H5BrFN2O2/c1-13-7-5(10)2-4(11)3-6(7)12-8(14)9(13)15/h2-3H,1H3/q+1. The van der Waals surface area contributed by atoms with Gasteiger partial charge in [-0.05, 0) is 22.0 Å². The van der Waals surface area contributed by atoms with Gasteiger partial charge in [0.1, 0.15) is 18.2 Å². The third-order valence-corrected chi connectivity index (χ3v) is 2.66. The Hall–Kier alpha value is -1.43. The molecule has 0 saturated heterocycles. The number of fused-ring (bicyclic) bond motifs is 1. The van der Waals surface area contributed by atoms with E-state index in [1.807, 2.05) is 0 Å². The van der Waals surface area contributed by atoms with Crippen LogP contribution in [0.3, 0.4) is 0 Å². The fraction of sp³-hybridized carbons (Fsp3) is 0.111. The summed E-state index contributed by atoms with van der Waals surface area (Å²) in [5.74, 6) is -2.13. The van der Waals surface area contributed by atoms with Crippen molar-refractivity contribution in [3.8, 4) is 0 Å². The lowest BCUT2D eigenvalue weighted by molar-refractivity contribution is -0.138. The number of hydrogen-bond donors (Lipinski definition) is 0. The number of halogens is 2. The molecule has 1 heterocycles. The van der Waals surface area contributed by atoms with E-state index in [-0.39, 0.29) is 5.36 Å². The highest BCUT2D eigenvalue weighted by atomic mass is 79.9. The zero-order valence-corrected chi connectivity index (χ0v) is 9.21. The molecule has 0 spiro atoms. The van der Waals surface area contributed by atoms with E-state index in [2.05, 4.69) is 20.9 Å². The van der Waals surface area contributed by atoms with Crippen LogP contribution in [0, 0.1) is 5.82 Å². The lowest BCUT2D eigenvalue weighted by Gasteiger charge is -1.99. The van der Waals surface area contributed by atoms with Crippen molar-refractivity contribution in [2.75, 3.05) is 7.05 Å². The maximum absolute atomic E-state index is 13.0. The molecular weight excluding hydrogens is 267 g/mol. The molecule has 2 rings (SSSR count). The number of hydrogen-bond acceptors (Lipinski definition) is 2. The fourth-order valence-electron chi connectivity index (χ4n) is 1.37. The van der Waals surface area contributed by atoms with Gasteiger partial charge in [0.25, 0.3) is 0 Å². The summed E-state index contributed by atoms with van der Waals surface area (Å²) in [6, 6.07) is 2.33. The molecule has 1 aromatic carbocycles. The second kappa shape index (κ2) is 3.30. The smallest absolute Gasteiger partial charge is 0.255 e. The van der Waals surface area contributed by atoms with Crippen LogP contribution in [0.4, 0.5) is 4.39 Å². The van der Waals surface area contributed by atoms with Crippen LogP contribution in [-0.4, -0.2) is 18.9 Å². The molecule has 0 atom stereocenters. The van der Waals surface area contributed by atoms with Gasteiger partial charge in [0, 0.05) is 6.07 Å². The Balaban J connectivity index is 3.03. The van der Waals surface area contributed by atoms with Crippen molar-refractivity contribution in [2.45, 2.75) is 0 Å². The van der Waals surface area contributed by atoms with Crippen LogP contribution in [0.25, 0.3) is 0 Å². The van der Waals surface area contributed by atoms with Gasteiger partial charge >= 0.3 is 11.8 Å². The summed E-state index contributed by atoms with van der Waals surface area (Å²) in [5.41, 5.74) is 0. The number of nitrogens with zero attached hydrogens (tertiary/aromatic N) is 2. The Kier molecular flexibility index (Phi) is 2.22. The molecule has 1 aliphatic rings. The van der Waals surface area contributed by atoms with E-state index in [0.717, 1.165) is 10.6 Å². The molecule has 2 amide bonds. The third kappa shape index (κ3) is 1.50. The quantitative estimate of drug-likeness (QED) is 0.467. The number of carbonyl (C=O) groups excluding carboxylic acids is 2. The average molecular weight is 272 g/mol. The van der Waals surface area contributed by atoms with Crippen LogP contribution in [0.2, 0.25) is 0 Å². The first-order valence-corrected chi connectivity index (χ1v) is 4.83. The van der Waals surface area contributed by atoms with E-state index >= 15 is 0 Å². The summed E-state index contributed by atoms with van der Waals surface area (Å²) in [7, 11) is 1.44. The molecule has 1 aromatic rings. The molecule has 0 aliphatic carbocycles. The molecule has 0 N–H and O–H groups in total. The first-order chi connectivity index (χ1) is 7.00. The number of benzene rings is 1. The van der Waals surface area contributed by atoms with E-state index in [9.17, 15) is 14.0 Å². The Bertz CT molecular complexity index is 609. The van der Waals surface area contributed by atoms with Gasteiger partial charge in [0.15, 0.2) is 0 Å². The van der Waals surface area contributed by atoms with Gasteiger partial charge in [-0.2, -0.15) is 9.57 Å². The van der Waals surface area contributed by atoms with Crippen molar-refractivity contribution in [2.24, 2.45) is 4.99 Å². The lowest BCUT2D eigenvalue weighted by Crippen LogP contribution is -2.49. The summed E-state index contributed by atoms with van der Waals surface area (Å²) in [5, 5.41) is 0.565. The van der Waals surface area contributed by atoms with Crippen LogP contribution in [0.15, 0.2) is 21.6 Å². The van der Waals surface area contributed by atoms with Gasteiger partial charge in [-0.1, -0.05) is 0 Å². The summed E-state index contributed by atoms with van der Waals surface area (Å²) in [4.78, 5) is 25.9. The van der Waals surface area contributed by atoms with E-state index in [4.69, 9.17) is 0 Å². The molecular formula is C9H5BrFN2O2+. The van der Waals surface area contributed by atoms with Crippen LogP contribution in [0.5, 0.6) is 0 Å². The molecule has 1 aliphatic heterocycles. The van der Waals surface area contributed by atoms with Gasteiger partial charge in [-0.3, -0.25) is 4.79 Å². The summed E-state index contributed by atoms with van der Waals surface area (Å²) >= 11 is 3.12. The highest BCUT2D eigenvalue weighted by Crippen LogP contribution is 2.03. The Labute approximate surface area is 91.9 Å². The minimum Gasteiger partial charge on any atom is -0.255 e. The highest BCUT2D eigenvalue weighted by Gasteiger charge is 2.29. The van der Waals surface area contributed by atoms with Crippen LogP contribution in [-0.2, 0) is 9.59 Å². The maximum Gasteiger partial charge on any atom is 0.479 e. The second-order valence-electron chi connectivity index (χ2n) is 3.04. The molecule has 76 valence electrons. The van der Waals surface area contributed by atoms with Crippen molar-refractivity contribution >= 4 is 27.7 Å². The first-order valence-electron chi connectivity index (χ1n) is 4.03. The summed E-state index contributed by atoms with van der Waals surface area (Å²) in [6.45, 7) is 0. The van der Waals surface area contributed by atoms with E-state index in [1.54, 1.807) is 0 Å². The molecule has 0 unspecified atom stereocenters. The minimum absolute atomic E-state index is 0.161. The number of amides is 2. The largest absolute Gasteiger partial charge is 0.479 e. The SMILES string of the molecule is C[N+]1=c2c(Br)cc(F)cc2=NC(=O)C1=O. The highest BCUT2D eigenvalue weighted by molar-refractivity contribution is 9.10. The normalized spacial score (nSPS) is 15.0. The zero-order chi connectivity index (χ0) is 11.2. The van der Waals surface area contributed by atoms with Crippen molar-refractivity contribution in [3.63, 3.8) is 0 Å². The Morgan fingerprint density at radius 3 is 2.73 bits per heavy atom. The van der Waals surface area contributed by atoms with Gasteiger partial charge in [0.05, 0.1) is 4.47 Å². The summed E-state index contributed by atoms with van der Waals surface area (Å²) < 4.78 is 14.5. The van der Waals surface area contributed by atoms with E-state index in [0.29, 0.717) is 9.83 Å². The predicted molar refractivity (Wildman–Crippen MR) is 52.1 cm³/mol. The predicted octanol–water partition coefficient (Wildman–Crippen LogP) is -0.605. The molecule has 15 heavy (non-hydrogen) atoms. The number of rotatable bonds is 0. The number of likely N-dealkylation sites (N-methyl/N-ethyl adjacent to an activating group) is 1. The van der Waals surface area contributed by atoms with Crippen molar-refractivity contribution < 1.29 is 14.0 Å². The molecule has 4 nitrogen and oxygen atoms in total. The molecule has 0 saturated carbocycles. The molecule has 6 heteroatoms. The second-order valence-corrected chi connectivity index (χ2v) is 3.89. The Morgan fingerprint density at radius 2 is 2.07 bits per heavy atom. The molecule has 0 fully saturated rings. The summed E-state index contributed by atoms with van der Waals surface area (Å²) in [6.07, 6.45) is 0. The minimum atomic E-state index is -0.887. The topological polar surface area (TPSA) is 49.5 Å². The Morgan fingerprint density at radius 1 is 1.40 bits per heavy atom.